The summed E-state index contributed by atoms with van der Waals surface area (Å²) < 4.78 is 6.88. The van der Waals surface area contributed by atoms with Crippen molar-refractivity contribution in [3.05, 3.63) is 47.3 Å². The molecule has 12 nitrogen and oxygen atoms in total. The Hall–Kier alpha value is -3.35. The van der Waals surface area contributed by atoms with Gasteiger partial charge in [-0.3, -0.25) is 14.4 Å². The zero-order valence-electron chi connectivity index (χ0n) is 20.9. The SMILES string of the molecule is O=C1CN(CCNC2CCOCC2)C(=O)Cc2ccccc2CNC(=O)[C@@H](Cc2cn(CCO)nn2)N1. The van der Waals surface area contributed by atoms with E-state index in [0.29, 0.717) is 24.8 Å². The van der Waals surface area contributed by atoms with Crippen molar-refractivity contribution in [2.24, 2.45) is 0 Å². The van der Waals surface area contributed by atoms with Crippen LogP contribution in [0.3, 0.4) is 0 Å². The van der Waals surface area contributed by atoms with Crippen LogP contribution >= 0.6 is 0 Å². The molecule has 0 spiro atoms. The number of amides is 3. The van der Waals surface area contributed by atoms with Gasteiger partial charge in [0.2, 0.25) is 17.7 Å². The second kappa shape index (κ2) is 13.3. The van der Waals surface area contributed by atoms with E-state index in [1.54, 1.807) is 11.1 Å². The predicted molar refractivity (Wildman–Crippen MR) is 133 cm³/mol. The average Bonchev–Trinajstić information content (AvgIpc) is 3.34. The number of nitrogens with one attached hydrogen (secondary N) is 3. The normalized spacial score (nSPS) is 20.0. The van der Waals surface area contributed by atoms with Gasteiger partial charge in [-0.05, 0) is 24.0 Å². The smallest absolute Gasteiger partial charge is 0.243 e. The van der Waals surface area contributed by atoms with Crippen LogP contribution in [-0.2, 0) is 45.1 Å². The second-order valence-electron chi connectivity index (χ2n) is 9.34. The number of hydrogen-bond donors (Lipinski definition) is 4. The highest BCUT2D eigenvalue weighted by molar-refractivity contribution is 5.91. The summed E-state index contributed by atoms with van der Waals surface area (Å²) in [6.45, 7) is 2.64. The highest BCUT2D eigenvalue weighted by atomic mass is 16.5. The molecule has 0 unspecified atom stereocenters. The number of hydrogen-bond acceptors (Lipinski definition) is 8. The maximum absolute atomic E-state index is 13.3. The minimum Gasteiger partial charge on any atom is -0.394 e. The van der Waals surface area contributed by atoms with Crippen molar-refractivity contribution in [2.45, 2.75) is 50.9 Å². The number of benzene rings is 1. The lowest BCUT2D eigenvalue weighted by Gasteiger charge is -2.28. The number of aliphatic hydroxyl groups is 1. The lowest BCUT2D eigenvalue weighted by Crippen LogP contribution is -2.52. The second-order valence-corrected chi connectivity index (χ2v) is 9.34. The molecule has 4 N–H and O–H groups in total. The third-order valence-electron chi connectivity index (χ3n) is 6.62. The first-order chi connectivity index (χ1) is 18.0. The number of aromatic nitrogens is 3. The van der Waals surface area contributed by atoms with Gasteiger partial charge in [-0.15, -0.1) is 5.10 Å². The van der Waals surface area contributed by atoms with Crippen LogP contribution in [-0.4, -0.2) is 94.3 Å². The van der Waals surface area contributed by atoms with E-state index in [1.807, 2.05) is 24.3 Å². The van der Waals surface area contributed by atoms with Crippen molar-refractivity contribution in [1.82, 2.24) is 35.8 Å². The van der Waals surface area contributed by atoms with Gasteiger partial charge in [-0.1, -0.05) is 29.5 Å². The Morgan fingerprint density at radius 2 is 1.89 bits per heavy atom. The van der Waals surface area contributed by atoms with Gasteiger partial charge in [0.25, 0.3) is 0 Å². The Morgan fingerprint density at radius 1 is 1.11 bits per heavy atom. The summed E-state index contributed by atoms with van der Waals surface area (Å²) in [6, 6.07) is 6.94. The maximum Gasteiger partial charge on any atom is 0.243 e. The molecule has 37 heavy (non-hydrogen) atoms. The van der Waals surface area contributed by atoms with E-state index in [2.05, 4.69) is 26.3 Å². The summed E-state index contributed by atoms with van der Waals surface area (Å²) in [7, 11) is 0. The molecular weight excluding hydrogens is 478 g/mol. The summed E-state index contributed by atoms with van der Waals surface area (Å²) in [5, 5.41) is 26.2. The molecule has 3 amide bonds. The molecule has 1 saturated heterocycles. The maximum atomic E-state index is 13.3. The van der Waals surface area contributed by atoms with Crippen LogP contribution in [0.1, 0.15) is 29.7 Å². The molecule has 2 aromatic rings. The molecule has 1 aromatic carbocycles. The summed E-state index contributed by atoms with van der Waals surface area (Å²) in [6.07, 6.45) is 3.75. The van der Waals surface area contributed by atoms with Crippen LogP contribution in [0.4, 0.5) is 0 Å². The zero-order chi connectivity index (χ0) is 26.0. The van der Waals surface area contributed by atoms with Crippen LogP contribution in [0.25, 0.3) is 0 Å². The van der Waals surface area contributed by atoms with Crippen molar-refractivity contribution in [3.63, 3.8) is 0 Å². The third kappa shape index (κ3) is 7.81. The van der Waals surface area contributed by atoms with Crippen molar-refractivity contribution in [2.75, 3.05) is 39.5 Å². The van der Waals surface area contributed by atoms with Gasteiger partial charge >= 0.3 is 0 Å². The summed E-state index contributed by atoms with van der Waals surface area (Å²) >= 11 is 0. The molecule has 200 valence electrons. The number of rotatable bonds is 8. The van der Waals surface area contributed by atoms with Crippen LogP contribution < -0.4 is 16.0 Å². The molecule has 1 aromatic heterocycles. The predicted octanol–water partition coefficient (Wildman–Crippen LogP) is -1.23. The van der Waals surface area contributed by atoms with E-state index in [0.717, 1.165) is 37.2 Å². The summed E-state index contributed by atoms with van der Waals surface area (Å²) in [4.78, 5) is 41.0. The van der Waals surface area contributed by atoms with Gasteiger partial charge in [0.05, 0.1) is 31.8 Å². The van der Waals surface area contributed by atoms with E-state index in [4.69, 9.17) is 9.84 Å². The van der Waals surface area contributed by atoms with E-state index < -0.39 is 11.9 Å². The number of nitrogens with zero attached hydrogens (tertiary/aromatic N) is 4. The molecule has 0 bridgehead atoms. The Morgan fingerprint density at radius 3 is 2.68 bits per heavy atom. The van der Waals surface area contributed by atoms with Gasteiger partial charge < -0.3 is 30.7 Å². The minimum absolute atomic E-state index is 0.0872. The van der Waals surface area contributed by atoms with Crippen molar-refractivity contribution in [3.8, 4) is 0 Å². The van der Waals surface area contributed by atoms with Crippen molar-refractivity contribution < 1.29 is 24.2 Å². The highest BCUT2D eigenvalue weighted by Crippen LogP contribution is 2.13. The number of fused-ring (bicyclic) bond motifs is 1. The zero-order valence-corrected chi connectivity index (χ0v) is 20.9. The number of ether oxygens (including phenoxy) is 1. The Balaban J connectivity index is 1.49. The van der Waals surface area contributed by atoms with Crippen molar-refractivity contribution >= 4 is 17.7 Å². The fourth-order valence-corrected chi connectivity index (χ4v) is 4.56. The molecule has 4 rings (SSSR count). The van der Waals surface area contributed by atoms with Gasteiger partial charge in [-0.25, -0.2) is 4.68 Å². The molecule has 3 heterocycles. The van der Waals surface area contributed by atoms with Crippen LogP contribution in [0.15, 0.2) is 30.5 Å². The summed E-state index contributed by atoms with van der Waals surface area (Å²) in [5.74, 6) is -0.914. The first kappa shape index (κ1) is 26.7. The molecule has 2 aliphatic rings. The van der Waals surface area contributed by atoms with Gasteiger partial charge in [0.1, 0.15) is 6.04 Å². The minimum atomic E-state index is -0.893. The standard InChI is InChI=1S/C25H35N7O5/c33-10-9-32-16-21(29-30-32)14-22-25(36)27-15-19-4-2-1-3-18(19)13-24(35)31(17-23(34)28-22)8-7-26-20-5-11-37-12-6-20/h1-4,16,20,22,26,33H,5-15,17H2,(H,27,36)(H,28,34)/t22-/m1/s1. The van der Waals surface area contributed by atoms with E-state index in [9.17, 15) is 14.4 Å². The van der Waals surface area contributed by atoms with Gasteiger partial charge in [-0.2, -0.15) is 0 Å². The van der Waals surface area contributed by atoms with Crippen LogP contribution in [0.2, 0.25) is 0 Å². The van der Waals surface area contributed by atoms with Gasteiger partial charge in [0.15, 0.2) is 0 Å². The van der Waals surface area contributed by atoms with Crippen molar-refractivity contribution in [1.29, 1.82) is 0 Å². The fourth-order valence-electron chi connectivity index (χ4n) is 4.56. The monoisotopic (exact) mass is 513 g/mol. The molecule has 0 radical (unpaired) electrons. The largest absolute Gasteiger partial charge is 0.394 e. The lowest BCUT2D eigenvalue weighted by molar-refractivity contribution is -0.136. The molecule has 2 aliphatic heterocycles. The average molecular weight is 514 g/mol. The Kier molecular flexibility index (Phi) is 9.58. The number of carbonyl (C=O) groups is 3. The highest BCUT2D eigenvalue weighted by Gasteiger charge is 2.26. The topological polar surface area (TPSA) is 151 Å². The van der Waals surface area contributed by atoms with E-state index >= 15 is 0 Å². The van der Waals surface area contributed by atoms with Gasteiger partial charge in [0, 0.05) is 51.5 Å². The fraction of sp³-hybridized carbons (Fsp3) is 0.560. The lowest BCUT2D eigenvalue weighted by atomic mass is 10.0. The quantitative estimate of drug-likeness (QED) is 0.343. The molecule has 0 aliphatic carbocycles. The van der Waals surface area contributed by atoms with E-state index in [-0.39, 0.29) is 50.9 Å². The first-order valence-corrected chi connectivity index (χ1v) is 12.7. The number of carbonyl (C=O) groups excluding carboxylic acids is 3. The number of aliphatic hydroxyl groups excluding tert-OH is 1. The Labute approximate surface area is 215 Å². The molecule has 0 saturated carbocycles. The molecule has 1 atom stereocenters. The van der Waals surface area contributed by atoms with Crippen LogP contribution in [0, 0.1) is 0 Å². The van der Waals surface area contributed by atoms with E-state index in [1.165, 1.54) is 4.68 Å². The van der Waals surface area contributed by atoms with Crippen LogP contribution in [0.5, 0.6) is 0 Å². The third-order valence-corrected chi connectivity index (χ3v) is 6.62. The first-order valence-electron chi connectivity index (χ1n) is 12.7. The molecule has 12 heteroatoms. The molecule has 1 fully saturated rings. The Bertz CT molecular complexity index is 1070. The summed E-state index contributed by atoms with van der Waals surface area (Å²) in [5.41, 5.74) is 2.18. The molecular formula is C25H35N7O5.